The average Bonchev–Trinajstić information content (AvgIpc) is 2.39. The van der Waals surface area contributed by atoms with E-state index in [4.69, 9.17) is 11.6 Å². The van der Waals surface area contributed by atoms with Crippen LogP contribution in [0.25, 0.3) is 6.08 Å². The van der Waals surface area contributed by atoms with Gasteiger partial charge < -0.3 is 0 Å². The molecule has 4 heteroatoms. The average molecular weight is 245 g/mol. The lowest BCUT2D eigenvalue weighted by molar-refractivity contribution is 0.104. The number of carbonyl (C=O) groups excluding carboxylic acids is 1. The summed E-state index contributed by atoms with van der Waals surface area (Å²) in [5.74, 6) is -0.173. The summed E-state index contributed by atoms with van der Waals surface area (Å²) in [6.45, 7) is 0. The summed E-state index contributed by atoms with van der Waals surface area (Å²) < 4.78 is 0. The number of carbonyl (C=O) groups is 1. The molecule has 0 spiro atoms. The first-order valence-corrected chi connectivity index (χ1v) is 5.37. The lowest BCUT2D eigenvalue weighted by Gasteiger charge is -1.94. The van der Waals surface area contributed by atoms with Crippen molar-refractivity contribution in [1.29, 1.82) is 0 Å². The van der Waals surface area contributed by atoms with Crippen LogP contribution in [0.3, 0.4) is 0 Å². The van der Waals surface area contributed by atoms with Crippen LogP contribution in [0, 0.1) is 0 Å². The topological polar surface area (TPSA) is 42.9 Å². The maximum absolute atomic E-state index is 11.7. The number of rotatable bonds is 3. The second kappa shape index (κ2) is 5.37. The van der Waals surface area contributed by atoms with Gasteiger partial charge in [-0.25, -0.2) is 4.98 Å². The molecule has 0 atom stereocenters. The minimum absolute atomic E-state index is 0.173. The van der Waals surface area contributed by atoms with E-state index in [-0.39, 0.29) is 5.78 Å². The molecule has 1 aromatic carbocycles. The molecule has 1 aromatic heterocycles. The van der Waals surface area contributed by atoms with Gasteiger partial charge in [-0.3, -0.25) is 9.78 Å². The predicted molar refractivity (Wildman–Crippen MR) is 66.8 cm³/mol. The minimum Gasteiger partial charge on any atom is -0.287 e. The Morgan fingerprint density at radius 1 is 1.18 bits per heavy atom. The van der Waals surface area contributed by atoms with Crippen molar-refractivity contribution in [1.82, 2.24) is 9.97 Å². The third-order valence-electron chi connectivity index (χ3n) is 2.11. The van der Waals surface area contributed by atoms with Crippen LogP contribution in [0.1, 0.15) is 16.1 Å². The normalized spacial score (nSPS) is 10.6. The number of benzene rings is 1. The van der Waals surface area contributed by atoms with Crippen molar-refractivity contribution in [3.63, 3.8) is 0 Å². The SMILES string of the molecule is O=C(/C=C/c1ccc(Cl)cc1)c1cnccn1. The van der Waals surface area contributed by atoms with Crippen LogP contribution in [-0.2, 0) is 0 Å². The first kappa shape index (κ1) is 11.5. The first-order chi connectivity index (χ1) is 8.25. The van der Waals surface area contributed by atoms with Gasteiger partial charge >= 0.3 is 0 Å². The van der Waals surface area contributed by atoms with Crippen molar-refractivity contribution < 1.29 is 4.79 Å². The highest BCUT2D eigenvalue weighted by Gasteiger charge is 2.01. The third-order valence-corrected chi connectivity index (χ3v) is 2.36. The molecule has 0 aliphatic heterocycles. The van der Waals surface area contributed by atoms with Crippen molar-refractivity contribution in [3.8, 4) is 0 Å². The summed E-state index contributed by atoms with van der Waals surface area (Å²) in [6, 6.07) is 7.22. The second-order valence-corrected chi connectivity index (χ2v) is 3.78. The highest BCUT2D eigenvalue weighted by atomic mass is 35.5. The first-order valence-electron chi connectivity index (χ1n) is 5.00. The van der Waals surface area contributed by atoms with E-state index in [0.717, 1.165) is 5.56 Å². The zero-order valence-corrected chi connectivity index (χ0v) is 9.63. The zero-order chi connectivity index (χ0) is 12.1. The Bertz CT molecular complexity index is 535. The number of nitrogens with zero attached hydrogens (tertiary/aromatic N) is 2. The van der Waals surface area contributed by atoms with Crippen LogP contribution in [0.15, 0.2) is 48.9 Å². The molecule has 0 aliphatic carbocycles. The lowest BCUT2D eigenvalue weighted by atomic mass is 10.2. The van der Waals surface area contributed by atoms with E-state index in [1.165, 1.54) is 24.7 Å². The number of hydrogen-bond acceptors (Lipinski definition) is 3. The van der Waals surface area contributed by atoms with Crippen LogP contribution in [0.5, 0.6) is 0 Å². The van der Waals surface area contributed by atoms with Gasteiger partial charge in [0.05, 0.1) is 6.20 Å². The molecule has 0 aliphatic rings. The molecule has 1 heterocycles. The maximum atomic E-state index is 11.7. The summed E-state index contributed by atoms with van der Waals surface area (Å²) >= 11 is 5.76. The van der Waals surface area contributed by atoms with E-state index in [1.54, 1.807) is 18.2 Å². The molecule has 0 fully saturated rings. The van der Waals surface area contributed by atoms with E-state index >= 15 is 0 Å². The van der Waals surface area contributed by atoms with Crippen LogP contribution >= 0.6 is 11.6 Å². The molecule has 0 amide bonds. The van der Waals surface area contributed by atoms with Gasteiger partial charge in [0.25, 0.3) is 0 Å². The van der Waals surface area contributed by atoms with E-state index in [2.05, 4.69) is 9.97 Å². The summed E-state index contributed by atoms with van der Waals surface area (Å²) in [5, 5.41) is 0.669. The van der Waals surface area contributed by atoms with Gasteiger partial charge in [-0.05, 0) is 23.8 Å². The van der Waals surface area contributed by atoms with Crippen LogP contribution < -0.4 is 0 Å². The third kappa shape index (κ3) is 3.23. The fourth-order valence-electron chi connectivity index (χ4n) is 1.26. The Morgan fingerprint density at radius 2 is 1.94 bits per heavy atom. The Hall–Kier alpha value is -2.00. The molecular weight excluding hydrogens is 236 g/mol. The Balaban J connectivity index is 2.11. The van der Waals surface area contributed by atoms with Gasteiger partial charge in [0.1, 0.15) is 5.69 Å². The molecule has 0 saturated carbocycles. The number of hydrogen-bond donors (Lipinski definition) is 0. The van der Waals surface area contributed by atoms with Gasteiger partial charge in [-0.1, -0.05) is 29.8 Å². The van der Waals surface area contributed by atoms with Crippen molar-refractivity contribution in [2.24, 2.45) is 0 Å². The fraction of sp³-hybridized carbons (Fsp3) is 0. The monoisotopic (exact) mass is 244 g/mol. The van der Waals surface area contributed by atoms with Crippen LogP contribution in [-0.4, -0.2) is 15.8 Å². The van der Waals surface area contributed by atoms with Gasteiger partial charge in [0.2, 0.25) is 5.78 Å². The zero-order valence-electron chi connectivity index (χ0n) is 8.88. The predicted octanol–water partition coefficient (Wildman–Crippen LogP) is 3.03. The Labute approximate surface area is 104 Å². The summed E-state index contributed by atoms with van der Waals surface area (Å²) in [5.41, 5.74) is 1.24. The Morgan fingerprint density at radius 3 is 2.59 bits per heavy atom. The standard InChI is InChI=1S/C13H9ClN2O/c14-11-4-1-10(2-5-11)3-6-13(17)12-9-15-7-8-16-12/h1-9H/b6-3+. The maximum Gasteiger partial charge on any atom is 0.205 e. The van der Waals surface area contributed by atoms with Crippen LogP contribution in [0.4, 0.5) is 0 Å². The van der Waals surface area contributed by atoms with E-state index < -0.39 is 0 Å². The molecule has 2 aromatic rings. The molecule has 17 heavy (non-hydrogen) atoms. The van der Waals surface area contributed by atoms with Gasteiger partial charge in [0, 0.05) is 17.4 Å². The van der Waals surface area contributed by atoms with Crippen molar-refractivity contribution in [2.75, 3.05) is 0 Å². The van der Waals surface area contributed by atoms with E-state index in [9.17, 15) is 4.79 Å². The second-order valence-electron chi connectivity index (χ2n) is 3.34. The number of ketones is 1. The summed E-state index contributed by atoms with van der Waals surface area (Å²) in [4.78, 5) is 19.4. The number of aromatic nitrogens is 2. The summed E-state index contributed by atoms with van der Waals surface area (Å²) in [7, 11) is 0. The minimum atomic E-state index is -0.173. The molecule has 0 radical (unpaired) electrons. The number of allylic oxidation sites excluding steroid dienone is 1. The number of halogens is 1. The van der Waals surface area contributed by atoms with E-state index in [0.29, 0.717) is 10.7 Å². The van der Waals surface area contributed by atoms with Gasteiger partial charge in [-0.15, -0.1) is 0 Å². The van der Waals surface area contributed by atoms with Crippen molar-refractivity contribution in [2.45, 2.75) is 0 Å². The Kier molecular flexibility index (Phi) is 3.62. The molecule has 2 rings (SSSR count). The molecule has 0 bridgehead atoms. The van der Waals surface area contributed by atoms with Gasteiger partial charge in [-0.2, -0.15) is 0 Å². The fourth-order valence-corrected chi connectivity index (χ4v) is 1.38. The van der Waals surface area contributed by atoms with E-state index in [1.807, 2.05) is 12.1 Å². The largest absolute Gasteiger partial charge is 0.287 e. The quantitative estimate of drug-likeness (QED) is 0.616. The molecule has 0 unspecified atom stereocenters. The van der Waals surface area contributed by atoms with Crippen molar-refractivity contribution in [3.05, 3.63) is 65.2 Å². The smallest absolute Gasteiger partial charge is 0.205 e. The van der Waals surface area contributed by atoms with Crippen LogP contribution in [0.2, 0.25) is 5.02 Å². The molecule has 84 valence electrons. The highest BCUT2D eigenvalue weighted by Crippen LogP contribution is 2.10. The highest BCUT2D eigenvalue weighted by molar-refractivity contribution is 6.30. The summed E-state index contributed by atoms with van der Waals surface area (Å²) in [6.07, 6.45) is 7.64. The molecular formula is C13H9ClN2O. The molecule has 0 N–H and O–H groups in total. The lowest BCUT2D eigenvalue weighted by Crippen LogP contribution is -1.97. The van der Waals surface area contributed by atoms with Gasteiger partial charge in [0.15, 0.2) is 0 Å². The van der Waals surface area contributed by atoms with Crippen molar-refractivity contribution >= 4 is 23.5 Å². The molecule has 3 nitrogen and oxygen atoms in total. The molecule has 0 saturated heterocycles.